The molecule has 0 radical (unpaired) electrons. The highest BCUT2D eigenvalue weighted by Crippen LogP contribution is 2.28. The van der Waals surface area contributed by atoms with E-state index >= 15 is 0 Å². The van der Waals surface area contributed by atoms with E-state index in [1.807, 2.05) is 13.8 Å². The minimum absolute atomic E-state index is 0.104. The summed E-state index contributed by atoms with van der Waals surface area (Å²) in [6, 6.07) is 12.3. The van der Waals surface area contributed by atoms with Crippen LogP contribution in [0.1, 0.15) is 25.3 Å². The molecule has 0 unspecified atom stereocenters. The summed E-state index contributed by atoms with van der Waals surface area (Å²) in [6.07, 6.45) is 0. The first-order valence-corrected chi connectivity index (χ1v) is 8.88. The second kappa shape index (κ2) is 8.72. The molecule has 1 aromatic heterocycles. The molecule has 0 aliphatic heterocycles. The van der Waals surface area contributed by atoms with Crippen LogP contribution in [-0.4, -0.2) is 19.1 Å². The third-order valence-corrected chi connectivity index (χ3v) is 4.12. The number of halogens is 2. The summed E-state index contributed by atoms with van der Waals surface area (Å²) < 4.78 is 39.9. The Balaban J connectivity index is 1.71. The Hall–Kier alpha value is -3.42. The first-order valence-electron chi connectivity index (χ1n) is 8.88. The van der Waals surface area contributed by atoms with Gasteiger partial charge in [0, 0.05) is 17.5 Å². The molecule has 2 aromatic carbocycles. The molecule has 0 fully saturated rings. The van der Waals surface area contributed by atoms with Crippen molar-refractivity contribution in [1.29, 1.82) is 0 Å². The first kappa shape index (κ1) is 20.3. The van der Waals surface area contributed by atoms with Gasteiger partial charge in [-0.3, -0.25) is 4.79 Å². The molecular formula is C21H19F2NO5. The Bertz CT molecular complexity index is 1080. The van der Waals surface area contributed by atoms with Crippen LogP contribution in [0.5, 0.6) is 11.5 Å². The van der Waals surface area contributed by atoms with Gasteiger partial charge >= 0.3 is 12.2 Å². The van der Waals surface area contributed by atoms with E-state index in [9.17, 15) is 18.4 Å². The molecule has 1 heterocycles. The fraction of sp³-hybridized carbons (Fsp3) is 0.238. The molecule has 0 saturated heterocycles. The van der Waals surface area contributed by atoms with Crippen LogP contribution < -0.4 is 20.4 Å². The fourth-order valence-electron chi connectivity index (χ4n) is 2.84. The molecule has 1 amide bonds. The van der Waals surface area contributed by atoms with Crippen LogP contribution in [-0.2, 0) is 4.79 Å². The topological polar surface area (TPSA) is 77.8 Å². The highest BCUT2D eigenvalue weighted by molar-refractivity contribution is 5.93. The monoisotopic (exact) mass is 403 g/mol. The fourth-order valence-corrected chi connectivity index (χ4v) is 2.84. The summed E-state index contributed by atoms with van der Waals surface area (Å²) in [7, 11) is 0. The number of amides is 1. The number of ether oxygens (including phenoxy) is 2. The van der Waals surface area contributed by atoms with Crippen LogP contribution >= 0.6 is 0 Å². The van der Waals surface area contributed by atoms with Crippen LogP contribution in [0.4, 0.5) is 14.5 Å². The van der Waals surface area contributed by atoms with Crippen LogP contribution in [0.2, 0.25) is 0 Å². The summed E-state index contributed by atoms with van der Waals surface area (Å²) in [6.45, 7) is 0.562. The van der Waals surface area contributed by atoms with E-state index in [1.165, 1.54) is 30.3 Å². The smallest absolute Gasteiger partial charge is 0.387 e. The molecule has 0 bridgehead atoms. The van der Waals surface area contributed by atoms with Gasteiger partial charge in [0.25, 0.3) is 5.91 Å². The van der Waals surface area contributed by atoms with Crippen LogP contribution in [0.3, 0.4) is 0 Å². The number of carbonyl (C=O) groups excluding carboxylic acids is 1. The van der Waals surface area contributed by atoms with Crippen LogP contribution in [0.25, 0.3) is 11.0 Å². The molecule has 152 valence electrons. The molecule has 3 aromatic rings. The Morgan fingerprint density at radius 1 is 1.14 bits per heavy atom. The number of anilines is 1. The van der Waals surface area contributed by atoms with Gasteiger partial charge in [-0.2, -0.15) is 8.78 Å². The van der Waals surface area contributed by atoms with Crippen molar-refractivity contribution in [3.8, 4) is 11.5 Å². The maximum absolute atomic E-state index is 12.5. The normalized spacial score (nSPS) is 11.1. The van der Waals surface area contributed by atoms with Gasteiger partial charge in [-0.05, 0) is 35.7 Å². The molecule has 0 spiro atoms. The lowest BCUT2D eigenvalue weighted by atomic mass is 10.00. The Morgan fingerprint density at radius 2 is 1.90 bits per heavy atom. The van der Waals surface area contributed by atoms with Crippen molar-refractivity contribution in [3.63, 3.8) is 0 Å². The summed E-state index contributed by atoms with van der Waals surface area (Å²) in [4.78, 5) is 23.9. The highest BCUT2D eigenvalue weighted by Gasteiger charge is 2.13. The lowest BCUT2D eigenvalue weighted by molar-refractivity contribution is -0.118. The number of alkyl halides is 2. The number of nitrogens with one attached hydrogen (secondary N) is 1. The number of benzene rings is 2. The second-order valence-corrected chi connectivity index (χ2v) is 6.54. The first-order chi connectivity index (χ1) is 13.8. The third-order valence-electron chi connectivity index (χ3n) is 4.12. The van der Waals surface area contributed by atoms with E-state index in [-0.39, 0.29) is 24.0 Å². The van der Waals surface area contributed by atoms with Crippen molar-refractivity contribution >= 4 is 22.6 Å². The predicted molar refractivity (Wildman–Crippen MR) is 104 cm³/mol. The second-order valence-electron chi connectivity index (χ2n) is 6.54. The summed E-state index contributed by atoms with van der Waals surface area (Å²) >= 11 is 0. The molecule has 0 atom stereocenters. The lowest BCUT2D eigenvalue weighted by Crippen LogP contribution is -2.21. The van der Waals surface area contributed by atoms with Crippen molar-refractivity contribution in [2.75, 3.05) is 11.9 Å². The van der Waals surface area contributed by atoms with Crippen molar-refractivity contribution in [2.24, 2.45) is 0 Å². The largest absolute Gasteiger partial charge is 0.484 e. The van der Waals surface area contributed by atoms with Gasteiger partial charge in [0.2, 0.25) is 0 Å². The van der Waals surface area contributed by atoms with E-state index in [0.717, 1.165) is 10.9 Å². The van der Waals surface area contributed by atoms with Gasteiger partial charge in [0.05, 0.1) is 5.69 Å². The minimum atomic E-state index is -3.01. The quantitative estimate of drug-likeness (QED) is 0.586. The van der Waals surface area contributed by atoms with Crippen LogP contribution in [0.15, 0.2) is 57.7 Å². The number of carbonyl (C=O) groups is 1. The number of para-hydroxylation sites is 2. The van der Waals surface area contributed by atoms with Gasteiger partial charge in [-0.1, -0.05) is 26.0 Å². The molecule has 29 heavy (non-hydrogen) atoms. The molecule has 1 N–H and O–H groups in total. The molecule has 3 rings (SSSR count). The molecular weight excluding hydrogens is 384 g/mol. The van der Waals surface area contributed by atoms with E-state index in [2.05, 4.69) is 10.1 Å². The molecule has 6 nitrogen and oxygen atoms in total. The maximum atomic E-state index is 12.5. The zero-order valence-corrected chi connectivity index (χ0v) is 15.8. The zero-order chi connectivity index (χ0) is 21.0. The summed E-state index contributed by atoms with van der Waals surface area (Å²) in [5, 5.41) is 3.25. The molecule has 0 aliphatic carbocycles. The van der Waals surface area contributed by atoms with Crippen molar-refractivity contribution in [1.82, 2.24) is 0 Å². The van der Waals surface area contributed by atoms with Gasteiger partial charge in [0.1, 0.15) is 17.1 Å². The van der Waals surface area contributed by atoms with E-state index in [4.69, 9.17) is 9.15 Å². The molecule has 0 aliphatic rings. The number of hydrogen-bond donors (Lipinski definition) is 1. The van der Waals surface area contributed by atoms with Gasteiger partial charge in [-0.25, -0.2) is 4.79 Å². The Kier molecular flexibility index (Phi) is 6.11. The maximum Gasteiger partial charge on any atom is 0.387 e. The van der Waals surface area contributed by atoms with E-state index < -0.39 is 18.1 Å². The van der Waals surface area contributed by atoms with Crippen LogP contribution in [0, 0.1) is 0 Å². The standard InChI is InChI=1S/C21H19F2NO5/c1-12(2)15-10-20(26)28-18-9-13(7-8-14(15)18)27-11-19(25)24-16-5-3-4-6-17(16)29-21(22)23/h3-10,12,21H,11H2,1-2H3,(H,24,25). The van der Waals surface area contributed by atoms with E-state index in [0.29, 0.717) is 11.3 Å². The minimum Gasteiger partial charge on any atom is -0.484 e. The SMILES string of the molecule is CC(C)c1cc(=O)oc2cc(OCC(=O)Nc3ccccc3OC(F)F)ccc12. The third kappa shape index (κ3) is 5.10. The van der Waals surface area contributed by atoms with E-state index in [1.54, 1.807) is 18.2 Å². The Morgan fingerprint density at radius 3 is 2.62 bits per heavy atom. The van der Waals surface area contributed by atoms with Gasteiger partial charge in [-0.15, -0.1) is 0 Å². The average Bonchev–Trinajstić information content (AvgIpc) is 2.66. The number of fused-ring (bicyclic) bond motifs is 1. The number of rotatable bonds is 7. The summed E-state index contributed by atoms with van der Waals surface area (Å²) in [5.41, 5.74) is 0.852. The highest BCUT2D eigenvalue weighted by atomic mass is 19.3. The van der Waals surface area contributed by atoms with Crippen molar-refractivity contribution < 1.29 is 27.5 Å². The lowest BCUT2D eigenvalue weighted by Gasteiger charge is -2.13. The molecule has 0 saturated carbocycles. The predicted octanol–water partition coefficient (Wildman–Crippen LogP) is 4.54. The van der Waals surface area contributed by atoms with Gasteiger partial charge < -0.3 is 19.2 Å². The molecule has 8 heteroatoms. The van der Waals surface area contributed by atoms with Crippen molar-refractivity contribution in [3.05, 3.63) is 64.5 Å². The average molecular weight is 403 g/mol. The van der Waals surface area contributed by atoms with Gasteiger partial charge in [0.15, 0.2) is 6.61 Å². The number of hydrogen-bond acceptors (Lipinski definition) is 5. The zero-order valence-electron chi connectivity index (χ0n) is 15.8. The summed E-state index contributed by atoms with van der Waals surface area (Å²) in [5.74, 6) is -0.249. The van der Waals surface area contributed by atoms with Crippen molar-refractivity contribution in [2.45, 2.75) is 26.4 Å². The Labute approximate surface area is 165 Å².